The molecule has 2 fully saturated rings. The number of hydrogen-bond acceptors (Lipinski definition) is 3. The van der Waals surface area contributed by atoms with Crippen molar-refractivity contribution in [2.45, 2.75) is 26.7 Å². The van der Waals surface area contributed by atoms with E-state index in [9.17, 15) is 9.90 Å². The molecule has 0 radical (unpaired) electrons. The van der Waals surface area contributed by atoms with Crippen LogP contribution in [-0.2, 0) is 11.3 Å². The Morgan fingerprint density at radius 2 is 2.11 bits per heavy atom. The normalized spacial score (nSPS) is 30.9. The molecule has 3 unspecified atom stereocenters. The summed E-state index contributed by atoms with van der Waals surface area (Å²) in [4.78, 5) is 13.4. The fourth-order valence-corrected chi connectivity index (χ4v) is 3.23. The van der Waals surface area contributed by atoms with Crippen LogP contribution in [0.3, 0.4) is 0 Å². The Morgan fingerprint density at radius 1 is 1.42 bits per heavy atom. The van der Waals surface area contributed by atoms with Gasteiger partial charge in [-0.05, 0) is 16.9 Å². The third kappa shape index (κ3) is 2.00. The summed E-state index contributed by atoms with van der Waals surface area (Å²) in [5, 5.41) is 10.1. The predicted octanol–water partition coefficient (Wildman–Crippen LogP) is 2.23. The van der Waals surface area contributed by atoms with Gasteiger partial charge in [0.1, 0.15) is 12.8 Å². The van der Waals surface area contributed by atoms with Crippen LogP contribution in [0, 0.1) is 17.3 Å². The zero-order valence-corrected chi connectivity index (χ0v) is 11.2. The number of amides is 1. The van der Waals surface area contributed by atoms with Crippen LogP contribution in [0.4, 0.5) is 4.79 Å². The lowest BCUT2D eigenvalue weighted by Crippen LogP contribution is -2.40. The van der Waals surface area contributed by atoms with Crippen LogP contribution in [0.15, 0.2) is 30.3 Å². The minimum absolute atomic E-state index is 0.162. The Bertz CT molecular complexity index is 485. The topological polar surface area (TPSA) is 49.8 Å². The predicted molar refractivity (Wildman–Crippen MR) is 70.1 cm³/mol. The highest BCUT2D eigenvalue weighted by Crippen LogP contribution is 2.64. The first kappa shape index (κ1) is 12.5. The molecule has 1 amide bonds. The number of benzene rings is 1. The van der Waals surface area contributed by atoms with Crippen molar-refractivity contribution in [1.29, 1.82) is 0 Å². The average molecular weight is 261 g/mol. The van der Waals surface area contributed by atoms with Gasteiger partial charge in [-0.3, -0.25) is 4.90 Å². The molecule has 19 heavy (non-hydrogen) atoms. The summed E-state index contributed by atoms with van der Waals surface area (Å²) in [5.74, 6) is 0.614. The van der Waals surface area contributed by atoms with Crippen LogP contribution in [0.5, 0.6) is 0 Å². The number of fused-ring (bicyclic) bond motifs is 1. The van der Waals surface area contributed by atoms with E-state index in [1.807, 2.05) is 30.3 Å². The van der Waals surface area contributed by atoms with Crippen molar-refractivity contribution in [3.05, 3.63) is 35.9 Å². The molecule has 102 valence electrons. The number of piperidine rings is 1. The molecule has 0 bridgehead atoms. The quantitative estimate of drug-likeness (QED) is 0.888. The lowest BCUT2D eigenvalue weighted by atomic mass is 10.1. The average Bonchev–Trinajstić information content (AvgIpc) is 2.75. The first-order chi connectivity index (χ1) is 9.01. The van der Waals surface area contributed by atoms with Crippen molar-refractivity contribution < 1.29 is 14.6 Å². The molecular formula is C15H19NO3. The van der Waals surface area contributed by atoms with Gasteiger partial charge in [0.25, 0.3) is 0 Å². The number of ether oxygens (including phenoxy) is 1. The van der Waals surface area contributed by atoms with Crippen molar-refractivity contribution in [1.82, 2.24) is 4.90 Å². The van der Waals surface area contributed by atoms with E-state index in [1.54, 1.807) is 0 Å². The van der Waals surface area contributed by atoms with Gasteiger partial charge in [-0.2, -0.15) is 0 Å². The van der Waals surface area contributed by atoms with Gasteiger partial charge in [0.05, 0.1) is 0 Å². The van der Waals surface area contributed by atoms with Gasteiger partial charge < -0.3 is 9.84 Å². The number of carbonyl (C=O) groups excluding carboxylic acids is 1. The maximum absolute atomic E-state index is 11.9. The molecule has 1 saturated carbocycles. The summed E-state index contributed by atoms with van der Waals surface area (Å²) in [7, 11) is 0. The third-order valence-electron chi connectivity index (χ3n) is 4.61. The maximum Gasteiger partial charge on any atom is 0.412 e. The Morgan fingerprint density at radius 3 is 2.68 bits per heavy atom. The van der Waals surface area contributed by atoms with E-state index in [1.165, 1.54) is 4.90 Å². The Hall–Kier alpha value is -1.55. The summed E-state index contributed by atoms with van der Waals surface area (Å²) in [6.45, 7) is 5.13. The molecule has 1 aromatic rings. The van der Waals surface area contributed by atoms with E-state index in [0.29, 0.717) is 12.5 Å². The zero-order valence-electron chi connectivity index (χ0n) is 11.2. The fourth-order valence-electron chi connectivity index (χ4n) is 3.23. The van der Waals surface area contributed by atoms with Gasteiger partial charge in [-0.1, -0.05) is 44.2 Å². The molecule has 3 atom stereocenters. The molecule has 1 aliphatic heterocycles. The molecule has 1 saturated heterocycles. The highest BCUT2D eigenvalue weighted by Gasteiger charge is 2.67. The number of rotatable bonds is 2. The van der Waals surface area contributed by atoms with E-state index in [0.717, 1.165) is 5.56 Å². The molecule has 2 aliphatic rings. The molecule has 1 N–H and O–H groups in total. The van der Waals surface area contributed by atoms with E-state index < -0.39 is 12.3 Å². The largest absolute Gasteiger partial charge is 0.444 e. The van der Waals surface area contributed by atoms with Crippen LogP contribution in [0.25, 0.3) is 0 Å². The Balaban J connectivity index is 1.55. The van der Waals surface area contributed by atoms with Crippen LogP contribution in [0.1, 0.15) is 19.4 Å². The number of carbonyl (C=O) groups is 1. The fraction of sp³-hybridized carbons (Fsp3) is 0.533. The lowest BCUT2D eigenvalue weighted by molar-refractivity contribution is -0.00637. The first-order valence-electron chi connectivity index (χ1n) is 6.67. The Kier molecular flexibility index (Phi) is 2.78. The molecule has 1 aliphatic carbocycles. The van der Waals surface area contributed by atoms with E-state index >= 15 is 0 Å². The second-order valence-electron chi connectivity index (χ2n) is 6.06. The van der Waals surface area contributed by atoms with Gasteiger partial charge in [-0.15, -0.1) is 0 Å². The smallest absolute Gasteiger partial charge is 0.412 e. The monoisotopic (exact) mass is 261 g/mol. The molecular weight excluding hydrogens is 242 g/mol. The van der Waals surface area contributed by atoms with Gasteiger partial charge in [0.15, 0.2) is 0 Å². The van der Waals surface area contributed by atoms with Gasteiger partial charge in [0, 0.05) is 12.5 Å². The minimum Gasteiger partial charge on any atom is -0.444 e. The van der Waals surface area contributed by atoms with Crippen molar-refractivity contribution in [2.75, 3.05) is 6.54 Å². The number of nitrogens with zero attached hydrogens (tertiary/aromatic N) is 1. The second kappa shape index (κ2) is 4.23. The molecule has 3 rings (SSSR count). The van der Waals surface area contributed by atoms with Gasteiger partial charge >= 0.3 is 6.09 Å². The molecule has 1 aromatic carbocycles. The van der Waals surface area contributed by atoms with Gasteiger partial charge in [0.2, 0.25) is 0 Å². The SMILES string of the molecule is CC1(C)C2CN(C(=O)OCc3ccccc3)C(O)C21. The highest BCUT2D eigenvalue weighted by molar-refractivity contribution is 5.69. The van der Waals surface area contributed by atoms with Crippen molar-refractivity contribution >= 4 is 6.09 Å². The lowest BCUT2D eigenvalue weighted by Gasteiger charge is -2.26. The number of aliphatic hydroxyl groups excluding tert-OH is 1. The van der Waals surface area contributed by atoms with Gasteiger partial charge in [-0.25, -0.2) is 4.79 Å². The summed E-state index contributed by atoms with van der Waals surface area (Å²) in [6, 6.07) is 9.56. The second-order valence-corrected chi connectivity index (χ2v) is 6.06. The van der Waals surface area contributed by atoms with E-state index in [4.69, 9.17) is 4.74 Å². The van der Waals surface area contributed by atoms with Crippen LogP contribution >= 0.6 is 0 Å². The third-order valence-corrected chi connectivity index (χ3v) is 4.61. The van der Waals surface area contributed by atoms with Crippen molar-refractivity contribution in [3.63, 3.8) is 0 Å². The summed E-state index contributed by atoms with van der Waals surface area (Å²) >= 11 is 0. The molecule has 1 heterocycles. The maximum atomic E-state index is 11.9. The number of likely N-dealkylation sites (tertiary alicyclic amines) is 1. The Labute approximate surface area is 113 Å². The van der Waals surface area contributed by atoms with Crippen LogP contribution in [-0.4, -0.2) is 28.9 Å². The van der Waals surface area contributed by atoms with E-state index in [2.05, 4.69) is 13.8 Å². The minimum atomic E-state index is -0.691. The zero-order chi connectivity index (χ0) is 13.6. The molecule has 0 spiro atoms. The van der Waals surface area contributed by atoms with E-state index in [-0.39, 0.29) is 17.9 Å². The number of aliphatic hydroxyl groups is 1. The van der Waals surface area contributed by atoms with Crippen molar-refractivity contribution in [2.24, 2.45) is 17.3 Å². The first-order valence-corrected chi connectivity index (χ1v) is 6.67. The van der Waals surface area contributed by atoms with Crippen LogP contribution < -0.4 is 0 Å². The highest BCUT2D eigenvalue weighted by atomic mass is 16.6. The summed E-state index contributed by atoms with van der Waals surface area (Å²) in [6.07, 6.45) is -1.11. The standard InChI is InChI=1S/C15H19NO3/c1-15(2)11-8-16(13(17)12(11)15)14(18)19-9-10-6-4-3-5-7-10/h3-7,11-13,17H,8-9H2,1-2H3. The molecule has 4 heteroatoms. The summed E-state index contributed by atoms with van der Waals surface area (Å²) in [5.41, 5.74) is 1.12. The number of hydrogen-bond donors (Lipinski definition) is 1. The van der Waals surface area contributed by atoms with Crippen molar-refractivity contribution in [3.8, 4) is 0 Å². The molecule has 4 nitrogen and oxygen atoms in total. The van der Waals surface area contributed by atoms with Crippen LogP contribution in [0.2, 0.25) is 0 Å². The molecule has 0 aromatic heterocycles. The summed E-state index contributed by atoms with van der Waals surface area (Å²) < 4.78 is 5.25.